The van der Waals surface area contributed by atoms with Crippen LogP contribution >= 0.6 is 0 Å². The molecule has 5 heteroatoms. The van der Waals surface area contributed by atoms with E-state index in [0.717, 1.165) is 17.2 Å². The van der Waals surface area contributed by atoms with Gasteiger partial charge in [-0.2, -0.15) is 5.10 Å². The highest BCUT2D eigenvalue weighted by Crippen LogP contribution is 2.17. The van der Waals surface area contributed by atoms with Crippen LogP contribution in [0.25, 0.3) is 5.65 Å². The zero-order valence-electron chi connectivity index (χ0n) is 8.52. The molecule has 2 aromatic heterocycles. The Morgan fingerprint density at radius 1 is 1.36 bits per heavy atom. The predicted molar refractivity (Wildman–Crippen MR) is 54.4 cm³/mol. The topological polar surface area (TPSA) is 55.1 Å². The van der Waals surface area contributed by atoms with Crippen LogP contribution in [0.15, 0.2) is 12.5 Å². The molecule has 0 fully saturated rings. The van der Waals surface area contributed by atoms with Crippen molar-refractivity contribution in [1.82, 2.24) is 19.6 Å². The van der Waals surface area contributed by atoms with Gasteiger partial charge in [-0.3, -0.25) is 0 Å². The smallest absolute Gasteiger partial charge is 0.197 e. The lowest BCUT2D eigenvalue weighted by Crippen LogP contribution is -2.03. The van der Waals surface area contributed by atoms with Crippen LogP contribution in [-0.2, 0) is 0 Å². The number of anilines is 1. The largest absolute Gasteiger partial charge is 0.370 e. The minimum atomic E-state index is 0.407. The molecule has 0 saturated heterocycles. The van der Waals surface area contributed by atoms with Gasteiger partial charge in [-0.1, -0.05) is 13.8 Å². The van der Waals surface area contributed by atoms with Crippen LogP contribution in [0.5, 0.6) is 0 Å². The van der Waals surface area contributed by atoms with Crippen LogP contribution in [0, 0.1) is 0 Å². The minimum absolute atomic E-state index is 0.407. The van der Waals surface area contributed by atoms with Crippen LogP contribution in [-0.4, -0.2) is 26.6 Å². The third kappa shape index (κ3) is 1.21. The monoisotopic (exact) mass is 191 g/mol. The molecular formula is C9H13N5. The number of rotatable bonds is 2. The molecule has 1 N–H and O–H groups in total. The Kier molecular flexibility index (Phi) is 2.07. The minimum Gasteiger partial charge on any atom is -0.370 e. The van der Waals surface area contributed by atoms with E-state index in [4.69, 9.17) is 0 Å². The SMILES string of the molecule is CNc1ncnn2c(C(C)C)cnc12. The summed E-state index contributed by atoms with van der Waals surface area (Å²) in [7, 11) is 1.83. The summed E-state index contributed by atoms with van der Waals surface area (Å²) in [5.74, 6) is 1.16. The van der Waals surface area contributed by atoms with Crippen LogP contribution < -0.4 is 5.32 Å². The summed E-state index contributed by atoms with van der Waals surface area (Å²) >= 11 is 0. The van der Waals surface area contributed by atoms with Gasteiger partial charge in [-0.15, -0.1) is 0 Å². The summed E-state index contributed by atoms with van der Waals surface area (Å²) in [6.07, 6.45) is 3.38. The first-order chi connectivity index (χ1) is 6.74. The lowest BCUT2D eigenvalue weighted by Gasteiger charge is -2.04. The molecule has 0 bridgehead atoms. The summed E-state index contributed by atoms with van der Waals surface area (Å²) in [5, 5.41) is 7.16. The predicted octanol–water partition coefficient (Wildman–Crippen LogP) is 1.29. The number of fused-ring (bicyclic) bond motifs is 1. The molecule has 0 aliphatic carbocycles. The zero-order valence-corrected chi connectivity index (χ0v) is 8.52. The van der Waals surface area contributed by atoms with Crippen molar-refractivity contribution in [3.63, 3.8) is 0 Å². The first-order valence-corrected chi connectivity index (χ1v) is 4.60. The summed E-state index contributed by atoms with van der Waals surface area (Å²) in [5.41, 5.74) is 1.87. The number of imidazole rings is 1. The van der Waals surface area contributed by atoms with E-state index in [9.17, 15) is 0 Å². The second kappa shape index (κ2) is 3.25. The maximum atomic E-state index is 4.29. The Morgan fingerprint density at radius 2 is 2.14 bits per heavy atom. The van der Waals surface area contributed by atoms with Gasteiger partial charge >= 0.3 is 0 Å². The maximum Gasteiger partial charge on any atom is 0.197 e. The van der Waals surface area contributed by atoms with E-state index in [1.807, 2.05) is 17.8 Å². The molecule has 2 aromatic rings. The standard InChI is InChI=1S/C9H13N5/c1-6(2)7-4-11-9-8(10-3)12-5-13-14(7)9/h4-6H,1-3H3,(H,10,12,13). The van der Waals surface area contributed by atoms with Gasteiger partial charge < -0.3 is 5.32 Å². The number of hydrogen-bond donors (Lipinski definition) is 1. The van der Waals surface area contributed by atoms with Gasteiger partial charge in [0.25, 0.3) is 0 Å². The highest BCUT2D eigenvalue weighted by molar-refractivity contribution is 5.61. The van der Waals surface area contributed by atoms with Crippen molar-refractivity contribution in [2.45, 2.75) is 19.8 Å². The van der Waals surface area contributed by atoms with Gasteiger partial charge in [0.05, 0.1) is 11.9 Å². The molecule has 0 aliphatic rings. The fourth-order valence-electron chi connectivity index (χ4n) is 1.40. The number of aromatic nitrogens is 4. The van der Waals surface area contributed by atoms with Crippen molar-refractivity contribution in [3.8, 4) is 0 Å². The van der Waals surface area contributed by atoms with Crippen LogP contribution in [0.3, 0.4) is 0 Å². The normalized spacial score (nSPS) is 11.1. The molecule has 2 rings (SSSR count). The fraction of sp³-hybridized carbons (Fsp3) is 0.444. The van der Waals surface area contributed by atoms with Gasteiger partial charge in [0, 0.05) is 7.05 Å². The van der Waals surface area contributed by atoms with Crippen molar-refractivity contribution in [2.24, 2.45) is 0 Å². The fourth-order valence-corrected chi connectivity index (χ4v) is 1.40. The Labute approximate surface area is 82.2 Å². The van der Waals surface area contributed by atoms with Crippen LogP contribution in [0.1, 0.15) is 25.5 Å². The molecule has 0 unspecified atom stereocenters. The molecular weight excluding hydrogens is 178 g/mol. The van der Waals surface area contributed by atoms with Gasteiger partial charge in [0.2, 0.25) is 0 Å². The summed E-state index contributed by atoms with van der Waals surface area (Å²) in [6.45, 7) is 4.23. The van der Waals surface area contributed by atoms with E-state index in [1.165, 1.54) is 6.33 Å². The average molecular weight is 191 g/mol. The molecule has 5 nitrogen and oxygen atoms in total. The van der Waals surface area contributed by atoms with Crippen molar-refractivity contribution in [3.05, 3.63) is 18.2 Å². The zero-order chi connectivity index (χ0) is 10.1. The lowest BCUT2D eigenvalue weighted by atomic mass is 10.2. The van der Waals surface area contributed by atoms with Crippen molar-refractivity contribution in [1.29, 1.82) is 0 Å². The van der Waals surface area contributed by atoms with E-state index in [1.54, 1.807) is 0 Å². The molecule has 14 heavy (non-hydrogen) atoms. The quantitative estimate of drug-likeness (QED) is 0.777. The second-order valence-electron chi connectivity index (χ2n) is 3.43. The number of nitrogens with zero attached hydrogens (tertiary/aromatic N) is 4. The average Bonchev–Trinajstić information content (AvgIpc) is 2.60. The van der Waals surface area contributed by atoms with Crippen LogP contribution in [0.2, 0.25) is 0 Å². The van der Waals surface area contributed by atoms with E-state index in [-0.39, 0.29) is 0 Å². The molecule has 0 saturated carbocycles. The first kappa shape index (κ1) is 8.93. The van der Waals surface area contributed by atoms with E-state index in [2.05, 4.69) is 34.2 Å². The molecule has 0 aromatic carbocycles. The van der Waals surface area contributed by atoms with Gasteiger partial charge in [0.15, 0.2) is 11.5 Å². The first-order valence-electron chi connectivity index (χ1n) is 4.60. The van der Waals surface area contributed by atoms with Crippen molar-refractivity contribution in [2.75, 3.05) is 12.4 Å². The van der Waals surface area contributed by atoms with E-state index >= 15 is 0 Å². The number of hydrogen-bond acceptors (Lipinski definition) is 4. The van der Waals surface area contributed by atoms with Gasteiger partial charge in [0.1, 0.15) is 6.33 Å². The summed E-state index contributed by atoms with van der Waals surface area (Å²) in [6, 6.07) is 0. The molecule has 74 valence electrons. The second-order valence-corrected chi connectivity index (χ2v) is 3.43. The van der Waals surface area contributed by atoms with E-state index in [0.29, 0.717) is 5.92 Å². The summed E-state index contributed by atoms with van der Waals surface area (Å²) in [4.78, 5) is 8.38. The van der Waals surface area contributed by atoms with Gasteiger partial charge in [-0.25, -0.2) is 14.5 Å². The Hall–Kier alpha value is -1.65. The van der Waals surface area contributed by atoms with Gasteiger partial charge in [-0.05, 0) is 5.92 Å². The Balaban J connectivity index is 2.69. The molecule has 0 aliphatic heterocycles. The molecule has 0 atom stereocenters. The maximum absolute atomic E-state index is 4.29. The molecule has 2 heterocycles. The highest BCUT2D eigenvalue weighted by atomic mass is 15.3. The van der Waals surface area contributed by atoms with Crippen molar-refractivity contribution >= 4 is 11.5 Å². The molecule has 0 radical (unpaired) electrons. The van der Waals surface area contributed by atoms with Crippen molar-refractivity contribution < 1.29 is 0 Å². The third-order valence-electron chi connectivity index (χ3n) is 2.16. The van der Waals surface area contributed by atoms with Crippen LogP contribution in [0.4, 0.5) is 5.82 Å². The molecule has 0 amide bonds. The summed E-state index contributed by atoms with van der Waals surface area (Å²) < 4.78 is 1.82. The Bertz CT molecular complexity index is 445. The number of nitrogens with one attached hydrogen (secondary N) is 1. The van der Waals surface area contributed by atoms with E-state index < -0.39 is 0 Å². The third-order valence-corrected chi connectivity index (χ3v) is 2.16. The Morgan fingerprint density at radius 3 is 2.79 bits per heavy atom. The lowest BCUT2D eigenvalue weighted by molar-refractivity contribution is 0.751. The molecule has 0 spiro atoms. The highest BCUT2D eigenvalue weighted by Gasteiger charge is 2.10.